The third-order valence-corrected chi connectivity index (χ3v) is 4.24. The maximum absolute atomic E-state index is 9.09. The van der Waals surface area contributed by atoms with Crippen LogP contribution in [-0.4, -0.2) is 4.57 Å². The SMILES string of the molecule is N#Cc1c(Cl)c(Br)cn1-c1ccc(CBr)cc1. The predicted octanol–water partition coefficient (Wildman–Crippen LogP) is 4.66. The van der Waals surface area contributed by atoms with E-state index in [1.807, 2.05) is 24.3 Å². The zero-order valence-electron chi connectivity index (χ0n) is 8.62. The van der Waals surface area contributed by atoms with Crippen LogP contribution in [0.2, 0.25) is 5.02 Å². The summed E-state index contributed by atoms with van der Waals surface area (Å²) >= 11 is 12.7. The van der Waals surface area contributed by atoms with E-state index in [9.17, 15) is 0 Å². The summed E-state index contributed by atoms with van der Waals surface area (Å²) in [5, 5.41) is 10.3. The van der Waals surface area contributed by atoms with Crippen molar-refractivity contribution in [1.29, 1.82) is 5.26 Å². The molecular weight excluding hydrogens is 367 g/mol. The van der Waals surface area contributed by atoms with Crippen molar-refractivity contribution >= 4 is 43.5 Å². The molecular formula is C12H7Br2ClN2. The minimum atomic E-state index is 0.435. The Morgan fingerprint density at radius 1 is 1.29 bits per heavy atom. The van der Waals surface area contributed by atoms with Gasteiger partial charge in [0.2, 0.25) is 0 Å². The van der Waals surface area contributed by atoms with Crippen LogP contribution in [0.5, 0.6) is 0 Å². The Bertz CT molecular complexity index is 582. The van der Waals surface area contributed by atoms with Gasteiger partial charge in [-0.1, -0.05) is 39.7 Å². The van der Waals surface area contributed by atoms with Gasteiger partial charge in [0.25, 0.3) is 0 Å². The fourth-order valence-corrected chi connectivity index (χ4v) is 2.45. The van der Waals surface area contributed by atoms with Gasteiger partial charge in [0, 0.05) is 17.2 Å². The van der Waals surface area contributed by atoms with Crippen LogP contribution in [0.3, 0.4) is 0 Å². The molecule has 0 aliphatic heterocycles. The second kappa shape index (κ2) is 5.26. The molecule has 86 valence electrons. The highest BCUT2D eigenvalue weighted by Gasteiger charge is 2.13. The number of alkyl halides is 1. The molecule has 0 bridgehead atoms. The molecule has 1 heterocycles. The van der Waals surface area contributed by atoms with Crippen LogP contribution >= 0.6 is 43.5 Å². The van der Waals surface area contributed by atoms with Crippen LogP contribution in [0.15, 0.2) is 34.9 Å². The normalized spacial score (nSPS) is 10.2. The average Bonchev–Trinajstić information content (AvgIpc) is 2.65. The highest BCUT2D eigenvalue weighted by molar-refractivity contribution is 9.10. The first-order valence-electron chi connectivity index (χ1n) is 4.79. The Kier molecular flexibility index (Phi) is 3.93. The number of benzene rings is 1. The summed E-state index contributed by atoms with van der Waals surface area (Å²) in [7, 11) is 0. The van der Waals surface area contributed by atoms with Gasteiger partial charge in [-0.3, -0.25) is 0 Å². The topological polar surface area (TPSA) is 28.7 Å². The third kappa shape index (κ3) is 2.42. The lowest BCUT2D eigenvalue weighted by molar-refractivity contribution is 1.05. The van der Waals surface area contributed by atoms with Crippen LogP contribution < -0.4 is 0 Å². The van der Waals surface area contributed by atoms with Gasteiger partial charge in [0.05, 0.1) is 9.50 Å². The fraction of sp³-hybridized carbons (Fsp3) is 0.0833. The van der Waals surface area contributed by atoms with E-state index < -0.39 is 0 Å². The number of rotatable bonds is 2. The number of hydrogen-bond acceptors (Lipinski definition) is 1. The molecule has 1 aromatic heterocycles. The minimum absolute atomic E-state index is 0.435. The van der Waals surface area contributed by atoms with E-state index in [-0.39, 0.29) is 0 Å². The van der Waals surface area contributed by atoms with Gasteiger partial charge in [0.15, 0.2) is 0 Å². The van der Waals surface area contributed by atoms with Gasteiger partial charge < -0.3 is 4.57 Å². The summed E-state index contributed by atoms with van der Waals surface area (Å²) < 4.78 is 2.49. The number of halogens is 3. The first kappa shape index (κ1) is 12.7. The predicted molar refractivity (Wildman–Crippen MR) is 75.8 cm³/mol. The lowest BCUT2D eigenvalue weighted by Gasteiger charge is -2.05. The average molecular weight is 374 g/mol. The molecule has 0 unspecified atom stereocenters. The zero-order valence-corrected chi connectivity index (χ0v) is 12.6. The van der Waals surface area contributed by atoms with Gasteiger partial charge in [-0.25, -0.2) is 0 Å². The molecule has 0 saturated carbocycles. The van der Waals surface area contributed by atoms with Crippen LogP contribution in [-0.2, 0) is 5.33 Å². The van der Waals surface area contributed by atoms with E-state index in [0.29, 0.717) is 10.7 Å². The van der Waals surface area contributed by atoms with Crippen molar-refractivity contribution in [3.63, 3.8) is 0 Å². The Balaban J connectivity index is 2.53. The molecule has 0 saturated heterocycles. The van der Waals surface area contributed by atoms with Crippen molar-refractivity contribution in [3.05, 3.63) is 51.2 Å². The van der Waals surface area contributed by atoms with Crippen molar-refractivity contribution in [2.45, 2.75) is 5.33 Å². The molecule has 0 fully saturated rings. The first-order chi connectivity index (χ1) is 8.17. The molecule has 1 aromatic carbocycles. The molecule has 17 heavy (non-hydrogen) atoms. The fourth-order valence-electron chi connectivity index (χ4n) is 1.51. The van der Waals surface area contributed by atoms with Gasteiger partial charge in [-0.05, 0) is 33.6 Å². The molecule has 2 aromatic rings. The van der Waals surface area contributed by atoms with Crippen molar-refractivity contribution in [3.8, 4) is 11.8 Å². The van der Waals surface area contributed by atoms with E-state index in [1.54, 1.807) is 10.8 Å². The van der Waals surface area contributed by atoms with Gasteiger partial charge in [-0.15, -0.1) is 0 Å². The van der Waals surface area contributed by atoms with Crippen LogP contribution in [0.1, 0.15) is 11.3 Å². The number of nitrogens with zero attached hydrogens (tertiary/aromatic N) is 2. The molecule has 0 atom stereocenters. The lowest BCUT2D eigenvalue weighted by atomic mass is 10.2. The molecule has 0 amide bonds. The second-order valence-electron chi connectivity index (χ2n) is 3.42. The Morgan fingerprint density at radius 3 is 2.47 bits per heavy atom. The van der Waals surface area contributed by atoms with Crippen molar-refractivity contribution in [2.75, 3.05) is 0 Å². The molecule has 0 aliphatic rings. The number of aromatic nitrogens is 1. The Morgan fingerprint density at radius 2 is 1.94 bits per heavy atom. The van der Waals surface area contributed by atoms with Gasteiger partial charge in [-0.2, -0.15) is 5.26 Å². The zero-order chi connectivity index (χ0) is 12.4. The summed E-state index contributed by atoms with van der Waals surface area (Å²) in [4.78, 5) is 0. The van der Waals surface area contributed by atoms with Crippen molar-refractivity contribution in [2.24, 2.45) is 0 Å². The monoisotopic (exact) mass is 372 g/mol. The summed E-state index contributed by atoms with van der Waals surface area (Å²) in [6.07, 6.45) is 1.80. The van der Waals surface area contributed by atoms with Crippen molar-refractivity contribution in [1.82, 2.24) is 4.57 Å². The molecule has 0 spiro atoms. The third-order valence-electron chi connectivity index (χ3n) is 2.38. The van der Waals surface area contributed by atoms with Crippen molar-refractivity contribution < 1.29 is 0 Å². The molecule has 0 N–H and O–H groups in total. The van der Waals surface area contributed by atoms with Crippen LogP contribution in [0.4, 0.5) is 0 Å². The van der Waals surface area contributed by atoms with Gasteiger partial charge >= 0.3 is 0 Å². The largest absolute Gasteiger partial charge is 0.306 e. The molecule has 2 rings (SSSR count). The molecule has 5 heteroatoms. The van der Waals surface area contributed by atoms with E-state index in [4.69, 9.17) is 16.9 Å². The maximum Gasteiger partial charge on any atom is 0.144 e. The van der Waals surface area contributed by atoms with Gasteiger partial charge in [0.1, 0.15) is 11.8 Å². The number of hydrogen-bond donors (Lipinski definition) is 0. The summed E-state index contributed by atoms with van der Waals surface area (Å²) in [5.74, 6) is 0. The van der Waals surface area contributed by atoms with Crippen LogP contribution in [0, 0.1) is 11.3 Å². The van der Waals surface area contributed by atoms with Crippen LogP contribution in [0.25, 0.3) is 5.69 Å². The quantitative estimate of drug-likeness (QED) is 0.703. The summed E-state index contributed by atoms with van der Waals surface area (Å²) in [6, 6.07) is 10.0. The number of nitriles is 1. The summed E-state index contributed by atoms with van der Waals surface area (Å²) in [5.41, 5.74) is 2.54. The molecule has 2 nitrogen and oxygen atoms in total. The maximum atomic E-state index is 9.09. The highest BCUT2D eigenvalue weighted by Crippen LogP contribution is 2.30. The smallest absolute Gasteiger partial charge is 0.144 e. The lowest BCUT2D eigenvalue weighted by Crippen LogP contribution is -1.95. The highest BCUT2D eigenvalue weighted by atomic mass is 79.9. The first-order valence-corrected chi connectivity index (χ1v) is 7.08. The Hall–Kier alpha value is -0.760. The van der Waals surface area contributed by atoms with E-state index >= 15 is 0 Å². The van der Waals surface area contributed by atoms with E-state index in [0.717, 1.165) is 15.5 Å². The molecule has 0 aliphatic carbocycles. The second-order valence-corrected chi connectivity index (χ2v) is 5.21. The minimum Gasteiger partial charge on any atom is -0.306 e. The Labute approximate surface area is 121 Å². The molecule has 0 radical (unpaired) electrons. The van der Waals surface area contributed by atoms with E-state index in [1.165, 1.54) is 5.56 Å². The van der Waals surface area contributed by atoms with E-state index in [2.05, 4.69) is 37.9 Å². The summed E-state index contributed by atoms with van der Waals surface area (Å²) in [6.45, 7) is 0. The standard InChI is InChI=1S/C12H7Br2ClN2/c13-5-8-1-3-9(4-2-8)17-7-10(14)12(15)11(17)6-16/h1-4,7H,5H2.